The summed E-state index contributed by atoms with van der Waals surface area (Å²) in [6.07, 6.45) is 9.13. The maximum absolute atomic E-state index is 11.5. The molecule has 1 N–H and O–H groups in total. The number of carbonyl (C=O) groups is 1. The largest absolute Gasteiger partial charge is 0.308 e. The summed E-state index contributed by atoms with van der Waals surface area (Å²) in [6, 6.07) is 0. The zero-order chi connectivity index (χ0) is 11.3. The van der Waals surface area contributed by atoms with Crippen LogP contribution in [0.25, 0.3) is 0 Å². The summed E-state index contributed by atoms with van der Waals surface area (Å²) in [5.41, 5.74) is -0.294. The number of ketones is 1. The second-order valence-corrected chi connectivity index (χ2v) is 5.18. The van der Waals surface area contributed by atoms with Gasteiger partial charge in [0.15, 0.2) is 0 Å². The fourth-order valence-corrected chi connectivity index (χ4v) is 2.45. The molecule has 1 aliphatic rings. The Morgan fingerprint density at radius 2 is 1.93 bits per heavy atom. The van der Waals surface area contributed by atoms with E-state index in [0.717, 1.165) is 12.3 Å². The van der Waals surface area contributed by atoms with E-state index in [1.165, 1.54) is 38.5 Å². The molecular weight excluding hydrogens is 186 g/mol. The second-order valence-electron chi connectivity index (χ2n) is 5.18. The Kier molecular flexibility index (Phi) is 4.78. The van der Waals surface area contributed by atoms with Gasteiger partial charge >= 0.3 is 0 Å². The molecule has 1 saturated carbocycles. The fourth-order valence-electron chi connectivity index (χ4n) is 2.45. The first-order valence-electron chi connectivity index (χ1n) is 6.28. The minimum absolute atomic E-state index is 0.265. The molecule has 15 heavy (non-hydrogen) atoms. The van der Waals surface area contributed by atoms with E-state index in [1.807, 2.05) is 14.0 Å². The average molecular weight is 211 g/mol. The maximum Gasteiger partial charge on any atom is 0.149 e. The van der Waals surface area contributed by atoms with E-state index in [0.29, 0.717) is 0 Å². The molecule has 0 aromatic carbocycles. The quantitative estimate of drug-likeness (QED) is 0.757. The predicted octanol–water partition coefficient (Wildman–Crippen LogP) is 2.91. The van der Waals surface area contributed by atoms with Crippen LogP contribution in [-0.2, 0) is 4.79 Å². The normalized spacial score (nSPS) is 22.3. The zero-order valence-electron chi connectivity index (χ0n) is 10.4. The van der Waals surface area contributed by atoms with Gasteiger partial charge in [0.25, 0.3) is 0 Å². The molecule has 0 aromatic heterocycles. The van der Waals surface area contributed by atoms with Gasteiger partial charge in [-0.2, -0.15) is 0 Å². The highest BCUT2D eigenvalue weighted by Gasteiger charge is 2.28. The van der Waals surface area contributed by atoms with E-state index in [1.54, 1.807) is 6.92 Å². The van der Waals surface area contributed by atoms with Crippen LogP contribution in [0.15, 0.2) is 0 Å². The molecule has 1 unspecified atom stereocenters. The van der Waals surface area contributed by atoms with Gasteiger partial charge in [-0.3, -0.25) is 4.79 Å². The molecule has 1 fully saturated rings. The van der Waals surface area contributed by atoms with Crippen molar-refractivity contribution < 1.29 is 4.79 Å². The third-order valence-electron chi connectivity index (χ3n) is 4.11. The Hall–Kier alpha value is -0.370. The lowest BCUT2D eigenvalue weighted by atomic mass is 9.81. The average Bonchev–Trinajstić information content (AvgIpc) is 2.27. The molecule has 0 bridgehead atoms. The van der Waals surface area contributed by atoms with Crippen LogP contribution >= 0.6 is 0 Å². The van der Waals surface area contributed by atoms with Gasteiger partial charge in [-0.25, -0.2) is 0 Å². The molecule has 0 heterocycles. The predicted molar refractivity (Wildman–Crippen MR) is 64.0 cm³/mol. The van der Waals surface area contributed by atoms with Gasteiger partial charge in [0.2, 0.25) is 0 Å². The summed E-state index contributed by atoms with van der Waals surface area (Å²) in [5.74, 6) is 1.13. The van der Waals surface area contributed by atoms with Crippen LogP contribution in [0.3, 0.4) is 0 Å². The summed E-state index contributed by atoms with van der Waals surface area (Å²) >= 11 is 0. The highest BCUT2D eigenvalue weighted by Crippen LogP contribution is 2.29. The van der Waals surface area contributed by atoms with Crippen molar-refractivity contribution in [2.75, 3.05) is 7.05 Å². The van der Waals surface area contributed by atoms with Crippen LogP contribution in [0.4, 0.5) is 0 Å². The number of Topliss-reactive ketones (excluding diaryl/α,β-unsaturated/α-hetero) is 1. The van der Waals surface area contributed by atoms with Gasteiger partial charge < -0.3 is 5.32 Å². The van der Waals surface area contributed by atoms with E-state index in [-0.39, 0.29) is 11.3 Å². The standard InChI is InChI=1S/C13H25NO/c1-11(15)13(2,14-3)10-9-12-7-5-4-6-8-12/h12,14H,4-10H2,1-3H3. The number of hydrogen-bond acceptors (Lipinski definition) is 2. The number of likely N-dealkylation sites (N-methyl/N-ethyl adjacent to an activating group) is 1. The van der Waals surface area contributed by atoms with E-state index in [9.17, 15) is 4.79 Å². The van der Waals surface area contributed by atoms with Crippen LogP contribution in [0, 0.1) is 5.92 Å². The van der Waals surface area contributed by atoms with Crippen LogP contribution in [0.1, 0.15) is 58.8 Å². The Morgan fingerprint density at radius 3 is 2.40 bits per heavy atom. The Balaban J connectivity index is 2.36. The van der Waals surface area contributed by atoms with Crippen LogP contribution in [0.2, 0.25) is 0 Å². The molecule has 1 aliphatic carbocycles. The number of nitrogens with one attached hydrogen (secondary N) is 1. The summed E-state index contributed by atoms with van der Waals surface area (Å²) in [6.45, 7) is 3.72. The Labute approximate surface area is 93.8 Å². The van der Waals surface area contributed by atoms with E-state index >= 15 is 0 Å². The first-order valence-corrected chi connectivity index (χ1v) is 6.28. The summed E-state index contributed by atoms with van der Waals surface area (Å²) in [7, 11) is 1.89. The number of carbonyl (C=O) groups excluding carboxylic acids is 1. The fraction of sp³-hybridized carbons (Fsp3) is 0.923. The van der Waals surface area contributed by atoms with Gasteiger partial charge in [0, 0.05) is 0 Å². The third kappa shape index (κ3) is 3.60. The first-order chi connectivity index (χ1) is 7.08. The SMILES string of the molecule is CNC(C)(CCC1CCCCC1)C(C)=O. The molecule has 1 atom stereocenters. The molecule has 0 saturated heterocycles. The molecule has 0 aromatic rings. The molecule has 2 nitrogen and oxygen atoms in total. The van der Waals surface area contributed by atoms with Crippen LogP contribution < -0.4 is 5.32 Å². The van der Waals surface area contributed by atoms with Crippen molar-refractivity contribution in [3.05, 3.63) is 0 Å². The minimum Gasteiger partial charge on any atom is -0.308 e. The summed E-state index contributed by atoms with van der Waals surface area (Å²) < 4.78 is 0. The molecule has 0 amide bonds. The van der Waals surface area contributed by atoms with Crippen molar-refractivity contribution in [3.8, 4) is 0 Å². The van der Waals surface area contributed by atoms with Crippen molar-refractivity contribution in [2.45, 2.75) is 64.3 Å². The molecule has 0 spiro atoms. The van der Waals surface area contributed by atoms with Gasteiger partial charge in [-0.1, -0.05) is 32.1 Å². The molecule has 88 valence electrons. The topological polar surface area (TPSA) is 29.1 Å². The monoisotopic (exact) mass is 211 g/mol. The smallest absolute Gasteiger partial charge is 0.149 e. The summed E-state index contributed by atoms with van der Waals surface area (Å²) in [5, 5.41) is 3.17. The molecular formula is C13H25NO. The maximum atomic E-state index is 11.5. The van der Waals surface area contributed by atoms with Crippen LogP contribution in [-0.4, -0.2) is 18.4 Å². The lowest BCUT2D eigenvalue weighted by molar-refractivity contribution is -0.122. The van der Waals surface area contributed by atoms with Crippen molar-refractivity contribution in [1.82, 2.24) is 5.32 Å². The van der Waals surface area contributed by atoms with Crippen molar-refractivity contribution >= 4 is 5.78 Å². The Morgan fingerprint density at radius 1 is 1.33 bits per heavy atom. The molecule has 0 aliphatic heterocycles. The molecule has 1 rings (SSSR count). The van der Waals surface area contributed by atoms with E-state index in [2.05, 4.69) is 5.32 Å². The van der Waals surface area contributed by atoms with Crippen molar-refractivity contribution in [3.63, 3.8) is 0 Å². The van der Waals surface area contributed by atoms with Gasteiger partial charge in [0.05, 0.1) is 5.54 Å². The highest BCUT2D eigenvalue weighted by molar-refractivity contribution is 5.85. The number of hydrogen-bond donors (Lipinski definition) is 1. The summed E-state index contributed by atoms with van der Waals surface area (Å²) in [4.78, 5) is 11.5. The second kappa shape index (κ2) is 5.64. The lowest BCUT2D eigenvalue weighted by Crippen LogP contribution is -2.46. The van der Waals surface area contributed by atoms with Crippen LogP contribution in [0.5, 0.6) is 0 Å². The Bertz CT molecular complexity index is 209. The van der Waals surface area contributed by atoms with E-state index in [4.69, 9.17) is 0 Å². The molecule has 0 radical (unpaired) electrons. The van der Waals surface area contributed by atoms with Crippen molar-refractivity contribution in [2.24, 2.45) is 5.92 Å². The van der Waals surface area contributed by atoms with E-state index < -0.39 is 0 Å². The lowest BCUT2D eigenvalue weighted by Gasteiger charge is -2.29. The van der Waals surface area contributed by atoms with Gasteiger partial charge in [0.1, 0.15) is 5.78 Å². The minimum atomic E-state index is -0.294. The van der Waals surface area contributed by atoms with Gasteiger partial charge in [-0.05, 0) is 39.7 Å². The zero-order valence-corrected chi connectivity index (χ0v) is 10.4. The third-order valence-corrected chi connectivity index (χ3v) is 4.11. The van der Waals surface area contributed by atoms with Gasteiger partial charge in [-0.15, -0.1) is 0 Å². The van der Waals surface area contributed by atoms with Crippen molar-refractivity contribution in [1.29, 1.82) is 0 Å². The molecule has 2 heteroatoms. The number of rotatable bonds is 5. The highest BCUT2D eigenvalue weighted by atomic mass is 16.1. The first kappa shape index (κ1) is 12.7.